The van der Waals surface area contributed by atoms with Gasteiger partial charge in [-0.25, -0.2) is 4.98 Å². The van der Waals surface area contributed by atoms with E-state index < -0.39 is 0 Å². The molecule has 1 aromatic heterocycles. The number of nitrogens with one attached hydrogen (secondary N) is 1. The van der Waals surface area contributed by atoms with Crippen molar-refractivity contribution in [2.75, 3.05) is 11.5 Å². The Morgan fingerprint density at radius 3 is 2.31 bits per heavy atom. The highest BCUT2D eigenvalue weighted by Crippen LogP contribution is 2.18. The molecule has 0 saturated heterocycles. The largest absolute Gasteiger partial charge is 0.399 e. The molecule has 13 heavy (non-hydrogen) atoms. The van der Waals surface area contributed by atoms with Crippen LogP contribution in [-0.2, 0) is 0 Å². The van der Waals surface area contributed by atoms with Crippen molar-refractivity contribution in [1.82, 2.24) is 9.97 Å². The van der Waals surface area contributed by atoms with Crippen LogP contribution in [0.3, 0.4) is 0 Å². The SMILES string of the molecule is Nc1ccc(-c2cnc(N)[nH]2)cc1. The van der Waals surface area contributed by atoms with Gasteiger partial charge in [-0.05, 0) is 17.7 Å². The maximum absolute atomic E-state index is 5.56. The maximum Gasteiger partial charge on any atom is 0.197 e. The molecular weight excluding hydrogens is 164 g/mol. The smallest absolute Gasteiger partial charge is 0.197 e. The fourth-order valence-corrected chi connectivity index (χ4v) is 1.15. The number of benzene rings is 1. The number of rotatable bonds is 1. The molecule has 0 fully saturated rings. The molecule has 5 N–H and O–H groups in total. The third-order valence-corrected chi connectivity index (χ3v) is 1.82. The number of H-pyrrole nitrogens is 1. The molecule has 1 heterocycles. The van der Waals surface area contributed by atoms with Gasteiger partial charge >= 0.3 is 0 Å². The second-order valence-corrected chi connectivity index (χ2v) is 2.80. The van der Waals surface area contributed by atoms with Gasteiger partial charge in [0.2, 0.25) is 0 Å². The molecule has 0 saturated carbocycles. The Kier molecular flexibility index (Phi) is 1.66. The fourth-order valence-electron chi connectivity index (χ4n) is 1.15. The van der Waals surface area contributed by atoms with Crippen LogP contribution in [0.1, 0.15) is 0 Å². The first kappa shape index (κ1) is 7.67. The van der Waals surface area contributed by atoms with Crippen molar-refractivity contribution >= 4 is 11.6 Å². The number of imidazole rings is 1. The van der Waals surface area contributed by atoms with Crippen molar-refractivity contribution < 1.29 is 0 Å². The van der Waals surface area contributed by atoms with Crippen LogP contribution in [0.4, 0.5) is 11.6 Å². The average molecular weight is 174 g/mol. The van der Waals surface area contributed by atoms with E-state index in [1.165, 1.54) is 0 Å². The van der Waals surface area contributed by atoms with Crippen molar-refractivity contribution in [3.8, 4) is 11.3 Å². The first-order valence-electron chi connectivity index (χ1n) is 3.92. The van der Waals surface area contributed by atoms with Crippen LogP contribution in [0.15, 0.2) is 30.5 Å². The van der Waals surface area contributed by atoms with E-state index in [4.69, 9.17) is 11.5 Å². The molecule has 66 valence electrons. The lowest BCUT2D eigenvalue weighted by atomic mass is 10.1. The van der Waals surface area contributed by atoms with Gasteiger partial charge in [-0.1, -0.05) is 12.1 Å². The third kappa shape index (κ3) is 1.46. The van der Waals surface area contributed by atoms with Gasteiger partial charge in [-0.2, -0.15) is 0 Å². The Morgan fingerprint density at radius 1 is 1.08 bits per heavy atom. The van der Waals surface area contributed by atoms with Crippen molar-refractivity contribution in [2.45, 2.75) is 0 Å². The zero-order valence-electron chi connectivity index (χ0n) is 6.99. The molecule has 0 aliphatic carbocycles. The third-order valence-electron chi connectivity index (χ3n) is 1.82. The first-order valence-corrected chi connectivity index (χ1v) is 3.92. The lowest BCUT2D eigenvalue weighted by Gasteiger charge is -1.97. The summed E-state index contributed by atoms with van der Waals surface area (Å²) in [5.41, 5.74) is 13.7. The van der Waals surface area contributed by atoms with Crippen molar-refractivity contribution in [3.05, 3.63) is 30.5 Å². The van der Waals surface area contributed by atoms with E-state index in [1.807, 2.05) is 24.3 Å². The Hall–Kier alpha value is -1.97. The predicted molar refractivity (Wildman–Crippen MR) is 52.8 cm³/mol. The van der Waals surface area contributed by atoms with E-state index in [0.717, 1.165) is 16.9 Å². The van der Waals surface area contributed by atoms with E-state index in [9.17, 15) is 0 Å². The second-order valence-electron chi connectivity index (χ2n) is 2.80. The van der Waals surface area contributed by atoms with Crippen LogP contribution in [0.5, 0.6) is 0 Å². The molecule has 0 atom stereocenters. The molecule has 4 nitrogen and oxygen atoms in total. The highest BCUT2D eigenvalue weighted by atomic mass is 15.0. The molecule has 0 radical (unpaired) electrons. The molecule has 2 rings (SSSR count). The van der Waals surface area contributed by atoms with E-state index in [0.29, 0.717) is 5.95 Å². The van der Waals surface area contributed by atoms with Crippen molar-refractivity contribution in [2.24, 2.45) is 0 Å². The second kappa shape index (κ2) is 2.82. The number of hydrogen-bond donors (Lipinski definition) is 3. The molecule has 0 amide bonds. The predicted octanol–water partition coefficient (Wildman–Crippen LogP) is 1.24. The number of hydrogen-bond acceptors (Lipinski definition) is 3. The summed E-state index contributed by atoms with van der Waals surface area (Å²) in [7, 11) is 0. The molecule has 0 aliphatic heterocycles. The van der Waals surface area contributed by atoms with E-state index in [1.54, 1.807) is 6.20 Å². The lowest BCUT2D eigenvalue weighted by Crippen LogP contribution is -1.86. The molecular formula is C9H10N4. The van der Waals surface area contributed by atoms with Gasteiger partial charge in [0.25, 0.3) is 0 Å². The standard InChI is InChI=1S/C9H10N4/c10-7-3-1-6(2-4-7)8-5-12-9(11)13-8/h1-5H,10H2,(H3,11,12,13). The van der Waals surface area contributed by atoms with E-state index >= 15 is 0 Å². The number of aromatic nitrogens is 2. The Bertz CT molecular complexity index is 402. The number of anilines is 2. The molecule has 0 unspecified atom stereocenters. The van der Waals surface area contributed by atoms with Crippen molar-refractivity contribution in [3.63, 3.8) is 0 Å². The normalized spacial score (nSPS) is 10.2. The molecule has 0 spiro atoms. The van der Waals surface area contributed by atoms with Crippen LogP contribution < -0.4 is 11.5 Å². The summed E-state index contributed by atoms with van der Waals surface area (Å²) >= 11 is 0. The van der Waals surface area contributed by atoms with Crippen LogP contribution in [-0.4, -0.2) is 9.97 Å². The summed E-state index contributed by atoms with van der Waals surface area (Å²) in [5, 5.41) is 0. The summed E-state index contributed by atoms with van der Waals surface area (Å²) in [6.07, 6.45) is 1.70. The molecule has 4 heteroatoms. The summed E-state index contributed by atoms with van der Waals surface area (Å²) in [4.78, 5) is 6.84. The highest BCUT2D eigenvalue weighted by molar-refractivity contribution is 5.62. The van der Waals surface area contributed by atoms with Crippen LogP contribution in [0, 0.1) is 0 Å². The van der Waals surface area contributed by atoms with Gasteiger partial charge < -0.3 is 16.5 Å². The zero-order chi connectivity index (χ0) is 9.26. The Labute approximate surface area is 75.6 Å². The first-order chi connectivity index (χ1) is 6.25. The van der Waals surface area contributed by atoms with Gasteiger partial charge in [-0.3, -0.25) is 0 Å². The lowest BCUT2D eigenvalue weighted by molar-refractivity contribution is 1.33. The van der Waals surface area contributed by atoms with Gasteiger partial charge in [0.1, 0.15) is 0 Å². The summed E-state index contributed by atoms with van der Waals surface area (Å²) in [6, 6.07) is 7.52. The summed E-state index contributed by atoms with van der Waals surface area (Å²) in [5.74, 6) is 0.423. The quantitative estimate of drug-likeness (QED) is 0.569. The zero-order valence-corrected chi connectivity index (χ0v) is 6.99. The summed E-state index contributed by atoms with van der Waals surface area (Å²) in [6.45, 7) is 0. The average Bonchev–Trinajstić information content (AvgIpc) is 2.53. The Morgan fingerprint density at radius 2 is 1.77 bits per heavy atom. The maximum atomic E-state index is 5.56. The van der Waals surface area contributed by atoms with Crippen LogP contribution in [0.2, 0.25) is 0 Å². The number of nitrogens with zero attached hydrogens (tertiary/aromatic N) is 1. The van der Waals surface area contributed by atoms with E-state index in [-0.39, 0.29) is 0 Å². The topological polar surface area (TPSA) is 80.7 Å². The molecule has 2 aromatic rings. The number of nitrogen functional groups attached to an aromatic ring is 2. The minimum absolute atomic E-state index is 0.423. The fraction of sp³-hybridized carbons (Fsp3) is 0. The van der Waals surface area contributed by atoms with Crippen LogP contribution >= 0.6 is 0 Å². The minimum atomic E-state index is 0.423. The van der Waals surface area contributed by atoms with E-state index in [2.05, 4.69) is 9.97 Å². The van der Waals surface area contributed by atoms with Gasteiger partial charge in [0, 0.05) is 5.69 Å². The van der Waals surface area contributed by atoms with Gasteiger partial charge in [0.05, 0.1) is 11.9 Å². The molecule has 0 aliphatic rings. The van der Waals surface area contributed by atoms with Gasteiger partial charge in [-0.15, -0.1) is 0 Å². The van der Waals surface area contributed by atoms with Crippen LogP contribution in [0.25, 0.3) is 11.3 Å². The molecule has 1 aromatic carbocycles. The highest BCUT2D eigenvalue weighted by Gasteiger charge is 1.99. The summed E-state index contributed by atoms with van der Waals surface area (Å²) < 4.78 is 0. The Balaban J connectivity index is 2.41. The van der Waals surface area contributed by atoms with Crippen molar-refractivity contribution in [1.29, 1.82) is 0 Å². The monoisotopic (exact) mass is 174 g/mol. The number of nitrogens with two attached hydrogens (primary N) is 2. The van der Waals surface area contributed by atoms with Gasteiger partial charge in [0.15, 0.2) is 5.95 Å². The minimum Gasteiger partial charge on any atom is -0.399 e. The number of aromatic amines is 1. The molecule has 0 bridgehead atoms.